The third-order valence-electron chi connectivity index (χ3n) is 8.02. The van der Waals surface area contributed by atoms with Gasteiger partial charge in [0.25, 0.3) is 0 Å². The third kappa shape index (κ3) is 10.9. The molecule has 8 nitrogen and oxygen atoms in total. The Morgan fingerprint density at radius 3 is 1.95 bits per heavy atom. The van der Waals surface area contributed by atoms with Crippen LogP contribution >= 0.6 is 0 Å². The molecule has 0 bridgehead atoms. The zero-order chi connectivity index (χ0) is 32.0. The molecule has 9 heteroatoms. The van der Waals surface area contributed by atoms with Crippen LogP contribution in [0.4, 0.5) is 4.79 Å². The van der Waals surface area contributed by atoms with Gasteiger partial charge < -0.3 is 24.0 Å². The molecule has 0 fully saturated rings. The van der Waals surface area contributed by atoms with Gasteiger partial charge in [-0.2, -0.15) is 0 Å². The van der Waals surface area contributed by atoms with Gasteiger partial charge in [0.15, 0.2) is 0 Å². The van der Waals surface area contributed by atoms with Crippen molar-refractivity contribution in [2.24, 2.45) is 11.8 Å². The first-order valence-corrected chi connectivity index (χ1v) is 17.5. The fourth-order valence-electron chi connectivity index (χ4n) is 5.70. The molecule has 0 radical (unpaired) electrons. The zero-order valence-corrected chi connectivity index (χ0v) is 28.5. The summed E-state index contributed by atoms with van der Waals surface area (Å²) in [6.07, 6.45) is -0.259. The number of ether oxygens (including phenoxy) is 3. The van der Waals surface area contributed by atoms with Crippen molar-refractivity contribution in [3.05, 3.63) is 48.6 Å². The Morgan fingerprint density at radius 1 is 0.905 bits per heavy atom. The molecule has 1 rings (SSSR count). The Balaban J connectivity index is 3.40. The Labute approximate surface area is 255 Å². The van der Waals surface area contributed by atoms with Crippen molar-refractivity contribution >= 4 is 26.3 Å². The lowest BCUT2D eigenvalue weighted by molar-refractivity contribution is -0.171. The molecule has 0 aromatic heterocycles. The Bertz CT molecular complexity index is 958. The van der Waals surface area contributed by atoms with Crippen LogP contribution < -0.4 is 5.32 Å². The summed E-state index contributed by atoms with van der Waals surface area (Å²) in [6, 6.07) is 8.93. The highest BCUT2D eigenvalue weighted by Crippen LogP contribution is 2.44. The number of carbonyl (C=O) groups is 3. The average Bonchev–Trinajstić information content (AvgIpc) is 2.93. The number of esters is 2. The molecule has 4 atom stereocenters. The molecule has 1 N–H and O–H groups in total. The quantitative estimate of drug-likeness (QED) is 0.0797. The molecule has 0 heterocycles. The maximum atomic E-state index is 13.5. The van der Waals surface area contributed by atoms with E-state index in [2.05, 4.69) is 53.4 Å². The second-order valence-electron chi connectivity index (χ2n) is 12.4. The van der Waals surface area contributed by atoms with Crippen LogP contribution in [0.5, 0.6) is 0 Å². The van der Waals surface area contributed by atoms with Crippen molar-refractivity contribution in [2.75, 3.05) is 6.61 Å². The van der Waals surface area contributed by atoms with Gasteiger partial charge in [-0.3, -0.25) is 4.79 Å². The minimum atomic E-state index is -2.50. The fourth-order valence-corrected chi connectivity index (χ4v) is 11.3. The van der Waals surface area contributed by atoms with E-state index in [0.29, 0.717) is 0 Å². The number of hydrogen-bond acceptors (Lipinski definition) is 7. The molecule has 0 saturated carbocycles. The first kappa shape index (κ1) is 37.4. The molecule has 0 aliphatic rings. The number of nitrogens with one attached hydrogen (secondary N) is 1. The van der Waals surface area contributed by atoms with E-state index in [1.54, 1.807) is 13.8 Å². The number of hydrogen-bond donors (Lipinski definition) is 1. The molecule has 0 aliphatic heterocycles. The van der Waals surface area contributed by atoms with Crippen LogP contribution in [0.25, 0.3) is 0 Å². The molecule has 0 spiro atoms. The van der Waals surface area contributed by atoms with Crippen molar-refractivity contribution < 1.29 is 33.0 Å². The highest BCUT2D eigenvalue weighted by atomic mass is 28.4. The highest BCUT2D eigenvalue weighted by molar-refractivity contribution is 6.77. The molecular weight excluding hydrogens is 550 g/mol. The summed E-state index contributed by atoms with van der Waals surface area (Å²) in [5, 5.41) is 3.04. The van der Waals surface area contributed by atoms with E-state index < -0.39 is 44.6 Å². The molecule has 42 heavy (non-hydrogen) atoms. The summed E-state index contributed by atoms with van der Waals surface area (Å²) < 4.78 is 23.6. The predicted molar refractivity (Wildman–Crippen MR) is 169 cm³/mol. The van der Waals surface area contributed by atoms with Gasteiger partial charge in [0.1, 0.15) is 13.2 Å². The molecule has 1 amide bonds. The van der Waals surface area contributed by atoms with Crippen LogP contribution in [-0.2, 0) is 34.8 Å². The number of alkyl carbamates (subject to hydrolysis) is 1. The molecule has 1 aromatic carbocycles. The monoisotopic (exact) mass is 605 g/mol. The molecule has 0 aliphatic carbocycles. The summed E-state index contributed by atoms with van der Waals surface area (Å²) >= 11 is 0. The van der Waals surface area contributed by atoms with Crippen molar-refractivity contribution in [3.63, 3.8) is 0 Å². The van der Waals surface area contributed by atoms with Crippen molar-refractivity contribution in [1.82, 2.24) is 5.32 Å². The van der Waals surface area contributed by atoms with E-state index in [0.717, 1.165) is 12.0 Å². The summed E-state index contributed by atoms with van der Waals surface area (Å²) in [7, 11) is -2.50. The van der Waals surface area contributed by atoms with Gasteiger partial charge in [-0.25, -0.2) is 9.59 Å². The first-order chi connectivity index (χ1) is 19.7. The SMILES string of the molecule is C=CCOC(=O)[C@@H](OC(=O)C[C@H](O[Si](C(C)C)(C(C)C)C(C)C)[C@H](NC(=O)OCc1ccccc1)[C@@H](C)CC)C(C)C. The minimum Gasteiger partial charge on any atom is -0.459 e. The van der Waals surface area contributed by atoms with Gasteiger partial charge in [-0.05, 0) is 28.1 Å². The summed E-state index contributed by atoms with van der Waals surface area (Å²) in [5.41, 5.74) is 1.61. The Morgan fingerprint density at radius 2 is 1.48 bits per heavy atom. The van der Waals surface area contributed by atoms with Gasteiger partial charge in [0.2, 0.25) is 14.4 Å². The van der Waals surface area contributed by atoms with Crippen LogP contribution in [0.2, 0.25) is 16.6 Å². The maximum absolute atomic E-state index is 13.5. The van der Waals surface area contributed by atoms with E-state index in [1.165, 1.54) is 6.08 Å². The number of carbonyl (C=O) groups excluding carboxylic acids is 3. The smallest absolute Gasteiger partial charge is 0.407 e. The highest BCUT2D eigenvalue weighted by Gasteiger charge is 2.49. The van der Waals surface area contributed by atoms with Crippen molar-refractivity contribution in [3.8, 4) is 0 Å². The fraction of sp³-hybridized carbons (Fsp3) is 0.667. The van der Waals surface area contributed by atoms with Crippen LogP contribution in [0.15, 0.2) is 43.0 Å². The van der Waals surface area contributed by atoms with Gasteiger partial charge >= 0.3 is 18.0 Å². The van der Waals surface area contributed by atoms with Gasteiger partial charge in [-0.1, -0.05) is 119 Å². The summed E-state index contributed by atoms with van der Waals surface area (Å²) in [6.45, 7) is 24.4. The standard InChI is InChI=1S/C33H55NO7Si/c1-12-19-38-32(36)31(22(3)4)40-29(35)20-28(41-42(23(5)6,24(7)8)25(9)10)30(26(11)13-2)34-33(37)39-21-27-17-15-14-16-18-27/h12,14-18,22-26,28,30-31H,1,13,19-21H2,2-11H3,(H,34,37)/t26-,28-,30+,31-/m0/s1. The number of benzene rings is 1. The molecule has 238 valence electrons. The second kappa shape index (κ2) is 18.1. The third-order valence-corrected chi connectivity index (χ3v) is 14.2. The lowest BCUT2D eigenvalue weighted by atomic mass is 9.93. The van der Waals surface area contributed by atoms with E-state index in [9.17, 15) is 14.4 Å². The topological polar surface area (TPSA) is 100 Å². The molecular formula is C33H55NO7Si. The minimum absolute atomic E-state index is 0.0295. The first-order valence-electron chi connectivity index (χ1n) is 15.3. The lowest BCUT2D eigenvalue weighted by Gasteiger charge is -2.46. The van der Waals surface area contributed by atoms with E-state index >= 15 is 0 Å². The molecule has 0 unspecified atom stereocenters. The number of rotatable bonds is 18. The van der Waals surface area contributed by atoms with E-state index in [-0.39, 0.29) is 48.1 Å². The van der Waals surface area contributed by atoms with Crippen LogP contribution in [0.1, 0.15) is 87.6 Å². The molecule has 1 aromatic rings. The Kier molecular flexibility index (Phi) is 16.1. The summed E-state index contributed by atoms with van der Waals surface area (Å²) in [4.78, 5) is 39.2. The van der Waals surface area contributed by atoms with Crippen molar-refractivity contribution in [2.45, 2.75) is 124 Å². The largest absolute Gasteiger partial charge is 0.459 e. The van der Waals surface area contributed by atoms with Crippen LogP contribution in [-0.4, -0.2) is 51.2 Å². The maximum Gasteiger partial charge on any atom is 0.407 e. The average molecular weight is 606 g/mol. The van der Waals surface area contributed by atoms with Gasteiger partial charge in [0.05, 0.1) is 18.6 Å². The van der Waals surface area contributed by atoms with Crippen LogP contribution in [0.3, 0.4) is 0 Å². The Hall–Kier alpha value is -2.65. The van der Waals surface area contributed by atoms with E-state index in [4.69, 9.17) is 18.6 Å². The predicted octanol–water partition coefficient (Wildman–Crippen LogP) is 7.58. The zero-order valence-electron chi connectivity index (χ0n) is 27.5. The normalized spacial score (nSPS) is 14.8. The van der Waals surface area contributed by atoms with Gasteiger partial charge in [0, 0.05) is 5.92 Å². The van der Waals surface area contributed by atoms with Gasteiger partial charge in [-0.15, -0.1) is 0 Å². The number of amides is 1. The van der Waals surface area contributed by atoms with Crippen molar-refractivity contribution in [1.29, 1.82) is 0 Å². The van der Waals surface area contributed by atoms with E-state index in [1.807, 2.05) is 44.2 Å². The molecule has 0 saturated heterocycles. The summed E-state index contributed by atoms with van der Waals surface area (Å²) in [5.74, 6) is -1.53. The second-order valence-corrected chi connectivity index (χ2v) is 17.8. The lowest BCUT2D eigenvalue weighted by Crippen LogP contribution is -2.57. The van der Waals surface area contributed by atoms with Crippen LogP contribution in [0, 0.1) is 11.8 Å².